The van der Waals surface area contributed by atoms with E-state index in [1.54, 1.807) is 0 Å². The smallest absolute Gasteiger partial charge is 0.0165 e. The number of hydrogen-bond acceptors (Lipinski definition) is 0. The molecule has 0 saturated heterocycles. The summed E-state index contributed by atoms with van der Waals surface area (Å²) in [4.78, 5) is 0. The quantitative estimate of drug-likeness (QED) is 0.524. The third-order valence-corrected chi connectivity index (χ3v) is 1.62. The van der Waals surface area contributed by atoms with Gasteiger partial charge in [-0.2, -0.15) is 0 Å². The zero-order chi connectivity index (χ0) is 8.69. The fourth-order valence-electron chi connectivity index (χ4n) is 1.02. The van der Waals surface area contributed by atoms with Crippen molar-refractivity contribution in [1.82, 2.24) is 0 Å². The molecule has 0 aromatic rings. The highest BCUT2D eigenvalue weighted by molar-refractivity contribution is 4.98. The molecule has 0 radical (unpaired) electrons. The predicted octanol–water partition coefficient (Wildman–Crippen LogP) is 3.72. The van der Waals surface area contributed by atoms with Crippen molar-refractivity contribution >= 4 is 0 Å². The fourth-order valence-corrected chi connectivity index (χ4v) is 1.02. The van der Waals surface area contributed by atoms with Gasteiger partial charge in [0, 0.05) is 0 Å². The van der Waals surface area contributed by atoms with Crippen molar-refractivity contribution in [3.63, 3.8) is 0 Å². The molecule has 0 N–H and O–H groups in total. The Labute approximate surface area is 70.3 Å². The lowest BCUT2D eigenvalue weighted by Crippen LogP contribution is -1.94. The van der Waals surface area contributed by atoms with Crippen molar-refractivity contribution in [3.05, 3.63) is 37.0 Å². The van der Waals surface area contributed by atoms with Crippen LogP contribution in [0.3, 0.4) is 0 Å². The molecule has 0 heteroatoms. The Morgan fingerprint density at radius 3 is 2.55 bits per heavy atom. The average Bonchev–Trinajstić information content (AvgIpc) is 1.97. The average molecular weight is 150 g/mol. The summed E-state index contributed by atoms with van der Waals surface area (Å²) in [6.45, 7) is 11.8. The van der Waals surface area contributed by atoms with E-state index in [-0.39, 0.29) is 0 Å². The minimum atomic E-state index is 0.573. The molecule has 0 saturated carbocycles. The Kier molecular flexibility index (Phi) is 5.54. The normalized spacial score (nSPS) is 13.3. The Balaban J connectivity index is 3.75. The molecule has 0 spiro atoms. The topological polar surface area (TPSA) is 0 Å². The van der Waals surface area contributed by atoms with Gasteiger partial charge in [0.2, 0.25) is 0 Å². The maximum Gasteiger partial charge on any atom is -0.0165 e. The van der Waals surface area contributed by atoms with Gasteiger partial charge in [0.05, 0.1) is 0 Å². The summed E-state index contributed by atoms with van der Waals surface area (Å²) in [5.41, 5.74) is 1.24. The molecule has 0 heterocycles. The largest absolute Gasteiger partial charge is 0.103 e. The molecule has 0 amide bonds. The van der Waals surface area contributed by atoms with Gasteiger partial charge in [-0.1, -0.05) is 23.8 Å². The Morgan fingerprint density at radius 2 is 2.18 bits per heavy atom. The summed E-state index contributed by atoms with van der Waals surface area (Å²) in [7, 11) is 0. The summed E-state index contributed by atoms with van der Waals surface area (Å²) in [6, 6.07) is 0. The Bertz CT molecular complexity index is 151. The Hall–Kier alpha value is -0.780. The maximum absolute atomic E-state index is 3.88. The van der Waals surface area contributed by atoms with Crippen molar-refractivity contribution in [2.24, 2.45) is 5.92 Å². The SMILES string of the molecule is C=CC(C/C=C/C)CC(=C)C. The van der Waals surface area contributed by atoms with E-state index in [0.717, 1.165) is 12.8 Å². The summed E-state index contributed by atoms with van der Waals surface area (Å²) in [6.07, 6.45) is 8.42. The maximum atomic E-state index is 3.88. The van der Waals surface area contributed by atoms with Crippen molar-refractivity contribution < 1.29 is 0 Å². The third-order valence-electron chi connectivity index (χ3n) is 1.62. The molecule has 0 aliphatic heterocycles. The van der Waals surface area contributed by atoms with Crippen LogP contribution in [0.1, 0.15) is 26.7 Å². The molecular weight excluding hydrogens is 132 g/mol. The molecule has 0 aromatic heterocycles. The van der Waals surface area contributed by atoms with Crippen LogP contribution in [-0.4, -0.2) is 0 Å². The van der Waals surface area contributed by atoms with E-state index in [1.165, 1.54) is 5.57 Å². The second-order valence-electron chi connectivity index (χ2n) is 2.96. The lowest BCUT2D eigenvalue weighted by atomic mass is 9.98. The molecule has 0 aliphatic carbocycles. The van der Waals surface area contributed by atoms with Gasteiger partial charge >= 0.3 is 0 Å². The van der Waals surface area contributed by atoms with Crippen molar-refractivity contribution in [1.29, 1.82) is 0 Å². The number of rotatable bonds is 5. The van der Waals surface area contributed by atoms with Gasteiger partial charge in [-0.05, 0) is 32.6 Å². The van der Waals surface area contributed by atoms with Crippen molar-refractivity contribution in [3.8, 4) is 0 Å². The minimum absolute atomic E-state index is 0.573. The van der Waals surface area contributed by atoms with Crippen LogP contribution >= 0.6 is 0 Å². The molecule has 0 fully saturated rings. The highest BCUT2D eigenvalue weighted by Crippen LogP contribution is 2.15. The lowest BCUT2D eigenvalue weighted by Gasteiger charge is -2.08. The van der Waals surface area contributed by atoms with E-state index < -0.39 is 0 Å². The predicted molar refractivity (Wildman–Crippen MR) is 52.5 cm³/mol. The van der Waals surface area contributed by atoms with Gasteiger partial charge in [0.25, 0.3) is 0 Å². The molecule has 62 valence electrons. The molecule has 1 unspecified atom stereocenters. The van der Waals surface area contributed by atoms with E-state index in [1.807, 2.05) is 13.0 Å². The molecule has 11 heavy (non-hydrogen) atoms. The van der Waals surface area contributed by atoms with Gasteiger partial charge in [-0.25, -0.2) is 0 Å². The van der Waals surface area contributed by atoms with E-state index in [4.69, 9.17) is 0 Å². The first-order valence-corrected chi connectivity index (χ1v) is 4.08. The first kappa shape index (κ1) is 10.2. The number of allylic oxidation sites excluding steroid dienone is 4. The van der Waals surface area contributed by atoms with Gasteiger partial charge < -0.3 is 0 Å². The van der Waals surface area contributed by atoms with E-state index in [2.05, 4.69) is 32.2 Å². The van der Waals surface area contributed by atoms with Crippen molar-refractivity contribution in [2.75, 3.05) is 0 Å². The highest BCUT2D eigenvalue weighted by atomic mass is 14.1. The second kappa shape index (κ2) is 5.96. The molecule has 0 nitrogen and oxygen atoms in total. The summed E-state index contributed by atoms with van der Waals surface area (Å²) < 4.78 is 0. The number of hydrogen-bond donors (Lipinski definition) is 0. The molecule has 0 aliphatic rings. The first-order chi connectivity index (χ1) is 5.20. The van der Waals surface area contributed by atoms with Crippen LogP contribution < -0.4 is 0 Å². The van der Waals surface area contributed by atoms with Gasteiger partial charge in [0.1, 0.15) is 0 Å². The van der Waals surface area contributed by atoms with E-state index in [9.17, 15) is 0 Å². The van der Waals surface area contributed by atoms with Gasteiger partial charge in [-0.15, -0.1) is 13.2 Å². The molecule has 1 atom stereocenters. The standard InChI is InChI=1S/C11H18/c1-5-7-8-11(6-2)9-10(3)4/h5-7,11H,2-3,8-9H2,1,4H3/b7-5+. The summed E-state index contributed by atoms with van der Waals surface area (Å²) in [5.74, 6) is 0.573. The lowest BCUT2D eigenvalue weighted by molar-refractivity contribution is 0.656. The van der Waals surface area contributed by atoms with Crippen LogP contribution in [-0.2, 0) is 0 Å². The van der Waals surface area contributed by atoms with Gasteiger partial charge in [0.15, 0.2) is 0 Å². The van der Waals surface area contributed by atoms with Crippen LogP contribution in [0.2, 0.25) is 0 Å². The zero-order valence-corrected chi connectivity index (χ0v) is 7.64. The first-order valence-electron chi connectivity index (χ1n) is 4.08. The van der Waals surface area contributed by atoms with Crippen LogP contribution in [0.15, 0.2) is 37.0 Å². The van der Waals surface area contributed by atoms with E-state index in [0.29, 0.717) is 5.92 Å². The monoisotopic (exact) mass is 150 g/mol. The summed E-state index contributed by atoms with van der Waals surface area (Å²) in [5, 5.41) is 0. The van der Waals surface area contributed by atoms with Gasteiger partial charge in [-0.3, -0.25) is 0 Å². The van der Waals surface area contributed by atoms with Crippen LogP contribution in [0.25, 0.3) is 0 Å². The third kappa shape index (κ3) is 5.65. The highest BCUT2D eigenvalue weighted by Gasteiger charge is 2.00. The zero-order valence-electron chi connectivity index (χ0n) is 7.64. The molecular formula is C11H18. The summed E-state index contributed by atoms with van der Waals surface area (Å²) >= 11 is 0. The Morgan fingerprint density at radius 1 is 1.55 bits per heavy atom. The van der Waals surface area contributed by atoms with Crippen LogP contribution in [0.5, 0.6) is 0 Å². The molecule has 0 bridgehead atoms. The molecule has 0 aromatic carbocycles. The fraction of sp³-hybridized carbons (Fsp3) is 0.455. The second-order valence-corrected chi connectivity index (χ2v) is 2.96. The van der Waals surface area contributed by atoms with Crippen LogP contribution in [0.4, 0.5) is 0 Å². The minimum Gasteiger partial charge on any atom is -0.103 e. The van der Waals surface area contributed by atoms with E-state index >= 15 is 0 Å². The van der Waals surface area contributed by atoms with Crippen molar-refractivity contribution in [2.45, 2.75) is 26.7 Å². The molecule has 0 rings (SSSR count). The van der Waals surface area contributed by atoms with Crippen LogP contribution in [0, 0.1) is 5.92 Å².